The number of fused-ring (bicyclic) bond motifs is 2. The van der Waals surface area contributed by atoms with Crippen LogP contribution in [0.15, 0.2) is 54.7 Å². The number of carbonyl (C=O) groups excluding carboxylic acids is 3. The van der Waals surface area contributed by atoms with E-state index < -0.39 is 11.8 Å². The Morgan fingerprint density at radius 3 is 2.33 bits per heavy atom. The smallest absolute Gasteiger partial charge is 0.301 e. The Hall–Kier alpha value is -3.06. The molecule has 0 radical (unpaired) electrons. The van der Waals surface area contributed by atoms with Crippen LogP contribution in [-0.2, 0) is 6.54 Å². The monoisotopic (exact) mass is 379 g/mol. The maximum absolute atomic E-state index is 12.8. The second-order valence-electron chi connectivity index (χ2n) is 6.08. The van der Waals surface area contributed by atoms with Crippen LogP contribution in [0, 0.1) is 0 Å². The van der Waals surface area contributed by atoms with Gasteiger partial charge in [-0.1, -0.05) is 49.0 Å². The second kappa shape index (κ2) is 6.92. The largest absolute Gasteiger partial charge is 0.361 e. The number of imide groups is 1. The summed E-state index contributed by atoms with van der Waals surface area (Å²) in [6, 6.07) is 14.3. The molecule has 2 heterocycles. The highest BCUT2D eigenvalue weighted by Gasteiger charge is 2.41. The molecule has 0 unspecified atom stereocenters. The van der Waals surface area contributed by atoms with E-state index in [0.29, 0.717) is 16.9 Å². The minimum Gasteiger partial charge on any atom is -0.361 e. The zero-order chi connectivity index (χ0) is 19.0. The predicted octanol–water partition coefficient (Wildman–Crippen LogP) is 4.05. The molecule has 0 atom stereocenters. The van der Waals surface area contributed by atoms with E-state index in [1.165, 1.54) is 5.01 Å². The Bertz CT molecular complexity index is 1020. The predicted molar refractivity (Wildman–Crippen MR) is 104 cm³/mol. The highest BCUT2D eigenvalue weighted by Crippen LogP contribution is 2.28. The van der Waals surface area contributed by atoms with Crippen molar-refractivity contribution in [3.8, 4) is 0 Å². The standard InChI is InChI=1S/C20H17N3O3S/c1-2-27-20(26)22(12-13-11-21-17-10-6-5-7-14(13)17)23-18(24)15-8-3-4-9-16(15)19(23)25/h3-11,21H,2,12H2,1H3. The first-order valence-electron chi connectivity index (χ1n) is 8.58. The molecule has 3 amide bonds. The van der Waals surface area contributed by atoms with E-state index in [0.717, 1.165) is 33.2 Å². The van der Waals surface area contributed by atoms with Gasteiger partial charge in [-0.05, 0) is 29.5 Å². The summed E-state index contributed by atoms with van der Waals surface area (Å²) in [6.45, 7) is 1.98. The lowest BCUT2D eigenvalue weighted by atomic mass is 10.1. The fourth-order valence-electron chi connectivity index (χ4n) is 3.23. The lowest BCUT2D eigenvalue weighted by molar-refractivity contribution is 0.0205. The number of nitrogens with zero attached hydrogens (tertiary/aromatic N) is 2. The topological polar surface area (TPSA) is 73.5 Å². The van der Waals surface area contributed by atoms with Crippen molar-refractivity contribution in [3.05, 3.63) is 71.4 Å². The summed E-state index contributed by atoms with van der Waals surface area (Å²) in [5.41, 5.74) is 2.42. The molecule has 6 nitrogen and oxygen atoms in total. The summed E-state index contributed by atoms with van der Waals surface area (Å²) < 4.78 is 0. The van der Waals surface area contributed by atoms with Crippen molar-refractivity contribution >= 4 is 39.7 Å². The number of carbonyl (C=O) groups is 3. The van der Waals surface area contributed by atoms with Crippen LogP contribution in [0.25, 0.3) is 10.9 Å². The van der Waals surface area contributed by atoms with Gasteiger partial charge in [-0.15, -0.1) is 0 Å². The molecule has 0 saturated carbocycles. The first kappa shape index (κ1) is 17.4. The molecule has 7 heteroatoms. The molecule has 0 aliphatic carbocycles. The van der Waals surface area contributed by atoms with Crippen molar-refractivity contribution < 1.29 is 14.4 Å². The molecule has 0 saturated heterocycles. The maximum Gasteiger partial charge on any atom is 0.301 e. The zero-order valence-electron chi connectivity index (χ0n) is 14.6. The Labute approximate surface area is 160 Å². The number of para-hydroxylation sites is 1. The van der Waals surface area contributed by atoms with Gasteiger partial charge in [0.2, 0.25) is 0 Å². The summed E-state index contributed by atoms with van der Waals surface area (Å²) >= 11 is 1.07. The average Bonchev–Trinajstić information content (AvgIpc) is 3.20. The summed E-state index contributed by atoms with van der Waals surface area (Å²) in [4.78, 5) is 41.6. The van der Waals surface area contributed by atoms with Gasteiger partial charge in [0.1, 0.15) is 0 Å². The van der Waals surface area contributed by atoms with Gasteiger partial charge in [0.25, 0.3) is 11.8 Å². The van der Waals surface area contributed by atoms with E-state index >= 15 is 0 Å². The number of aromatic amines is 1. The van der Waals surface area contributed by atoms with E-state index in [2.05, 4.69) is 4.98 Å². The number of rotatable bonds is 4. The molecular formula is C20H17N3O3S. The second-order valence-corrected chi connectivity index (χ2v) is 7.30. The highest BCUT2D eigenvalue weighted by atomic mass is 32.2. The molecule has 3 aromatic rings. The van der Waals surface area contributed by atoms with Crippen molar-refractivity contribution in [2.45, 2.75) is 13.5 Å². The average molecular weight is 379 g/mol. The molecule has 1 N–H and O–H groups in total. The molecule has 136 valence electrons. The van der Waals surface area contributed by atoms with Gasteiger partial charge in [0, 0.05) is 17.1 Å². The van der Waals surface area contributed by atoms with Gasteiger partial charge in [-0.3, -0.25) is 14.4 Å². The fraction of sp³-hybridized carbons (Fsp3) is 0.150. The number of hydrazine groups is 1. The summed E-state index contributed by atoms with van der Waals surface area (Å²) in [5, 5.41) is 2.83. The Kier molecular flexibility index (Phi) is 4.45. The van der Waals surface area contributed by atoms with E-state index in [9.17, 15) is 14.4 Å². The number of thioether (sulfide) groups is 1. The van der Waals surface area contributed by atoms with E-state index in [1.54, 1.807) is 30.5 Å². The molecule has 1 aliphatic rings. The Morgan fingerprint density at radius 1 is 1.04 bits per heavy atom. The van der Waals surface area contributed by atoms with Crippen LogP contribution in [0.4, 0.5) is 4.79 Å². The maximum atomic E-state index is 12.8. The van der Waals surface area contributed by atoms with Gasteiger partial charge < -0.3 is 4.98 Å². The molecule has 1 aromatic heterocycles. The van der Waals surface area contributed by atoms with Crippen LogP contribution >= 0.6 is 11.8 Å². The number of aromatic nitrogens is 1. The van der Waals surface area contributed by atoms with Gasteiger partial charge in [-0.25, -0.2) is 5.01 Å². The fourth-order valence-corrected chi connectivity index (χ4v) is 3.78. The minimum absolute atomic E-state index is 0.126. The number of H-pyrrole nitrogens is 1. The van der Waals surface area contributed by atoms with Gasteiger partial charge in [-0.2, -0.15) is 5.01 Å². The highest BCUT2D eigenvalue weighted by molar-refractivity contribution is 8.13. The van der Waals surface area contributed by atoms with Crippen molar-refractivity contribution in [2.75, 3.05) is 5.75 Å². The Morgan fingerprint density at radius 2 is 1.67 bits per heavy atom. The van der Waals surface area contributed by atoms with Crippen LogP contribution in [0.3, 0.4) is 0 Å². The van der Waals surface area contributed by atoms with Gasteiger partial charge in [0.05, 0.1) is 17.7 Å². The van der Waals surface area contributed by atoms with Gasteiger partial charge >= 0.3 is 5.24 Å². The number of hydrogen-bond acceptors (Lipinski definition) is 4. The van der Waals surface area contributed by atoms with Gasteiger partial charge in [0.15, 0.2) is 0 Å². The van der Waals surface area contributed by atoms with Crippen LogP contribution < -0.4 is 0 Å². The third-order valence-electron chi connectivity index (χ3n) is 4.49. The number of benzene rings is 2. The lowest BCUT2D eigenvalue weighted by Crippen LogP contribution is -2.47. The molecule has 2 aromatic carbocycles. The van der Waals surface area contributed by atoms with E-state index in [1.807, 2.05) is 31.2 Å². The number of hydrogen-bond donors (Lipinski definition) is 1. The molecular weight excluding hydrogens is 362 g/mol. The molecule has 1 aliphatic heterocycles. The normalized spacial score (nSPS) is 13.3. The Balaban J connectivity index is 1.73. The van der Waals surface area contributed by atoms with Crippen molar-refractivity contribution in [3.63, 3.8) is 0 Å². The lowest BCUT2D eigenvalue weighted by Gasteiger charge is -2.29. The van der Waals surface area contributed by atoms with Crippen molar-refractivity contribution in [2.24, 2.45) is 0 Å². The van der Waals surface area contributed by atoms with Crippen molar-refractivity contribution in [1.29, 1.82) is 0 Å². The van der Waals surface area contributed by atoms with Crippen LogP contribution in [0.5, 0.6) is 0 Å². The third-order valence-corrected chi connectivity index (χ3v) is 5.23. The summed E-state index contributed by atoms with van der Waals surface area (Å²) in [5.74, 6) is -0.396. The molecule has 0 bridgehead atoms. The zero-order valence-corrected chi connectivity index (χ0v) is 15.5. The first-order valence-corrected chi connectivity index (χ1v) is 9.57. The SMILES string of the molecule is CCSC(=O)N(Cc1c[nH]c2ccccc12)N1C(=O)c2ccccc2C1=O. The van der Waals surface area contributed by atoms with Crippen LogP contribution in [-0.4, -0.2) is 37.8 Å². The molecule has 0 fully saturated rings. The first-order chi connectivity index (χ1) is 13.1. The minimum atomic E-state index is -0.472. The van der Waals surface area contributed by atoms with Crippen LogP contribution in [0.2, 0.25) is 0 Å². The summed E-state index contributed by atoms with van der Waals surface area (Å²) in [7, 11) is 0. The summed E-state index contributed by atoms with van der Waals surface area (Å²) in [6.07, 6.45) is 1.81. The van der Waals surface area contributed by atoms with E-state index in [-0.39, 0.29) is 11.8 Å². The molecule has 0 spiro atoms. The number of nitrogens with one attached hydrogen (secondary N) is 1. The van der Waals surface area contributed by atoms with Crippen LogP contribution in [0.1, 0.15) is 33.2 Å². The molecule has 27 heavy (non-hydrogen) atoms. The van der Waals surface area contributed by atoms with Crippen molar-refractivity contribution in [1.82, 2.24) is 15.0 Å². The quantitative estimate of drug-likeness (QED) is 0.694. The van der Waals surface area contributed by atoms with E-state index in [4.69, 9.17) is 0 Å². The number of amides is 3. The molecule has 4 rings (SSSR count). The third kappa shape index (κ3) is 2.90.